The first-order valence-electron chi connectivity index (χ1n) is 9.89. The van der Waals surface area contributed by atoms with Crippen LogP contribution >= 0.6 is 0 Å². The average molecular weight is 379 g/mol. The average Bonchev–Trinajstić information content (AvgIpc) is 3.22. The van der Waals surface area contributed by atoms with Crippen LogP contribution in [0.2, 0.25) is 0 Å². The maximum Gasteiger partial charge on any atom is 0.316 e. The van der Waals surface area contributed by atoms with Crippen molar-refractivity contribution in [1.82, 2.24) is 9.88 Å². The summed E-state index contributed by atoms with van der Waals surface area (Å²) in [6.07, 6.45) is 5.44. The molecule has 4 rings (SSSR count). The molecular formula is C22H25N3O3. The van der Waals surface area contributed by atoms with Gasteiger partial charge in [-0.05, 0) is 43.4 Å². The molecule has 1 aromatic heterocycles. The van der Waals surface area contributed by atoms with Crippen LogP contribution in [0, 0.1) is 0 Å². The minimum Gasteiger partial charge on any atom is -0.481 e. The Morgan fingerprint density at radius 3 is 2.46 bits per heavy atom. The number of aromatic nitrogens is 1. The predicted octanol–water partition coefficient (Wildman–Crippen LogP) is 2.94. The summed E-state index contributed by atoms with van der Waals surface area (Å²) in [5, 5.41) is 9.99. The van der Waals surface area contributed by atoms with E-state index in [2.05, 4.69) is 4.98 Å². The molecule has 1 unspecified atom stereocenters. The standard InChI is InChI=1S/C22H25N3O3/c26-20(24-12-5-2-6-13-24)17-9-11-23-19(15-17)25-14-10-22(16-25,21(27)28)18-7-3-1-4-8-18/h1,3-4,7-9,11,15H,2,5-6,10,12-14,16H2,(H,27,28). The normalized spacial score (nSPS) is 22.3. The summed E-state index contributed by atoms with van der Waals surface area (Å²) >= 11 is 0. The summed E-state index contributed by atoms with van der Waals surface area (Å²) in [7, 11) is 0. The zero-order valence-corrected chi connectivity index (χ0v) is 15.9. The lowest BCUT2D eigenvalue weighted by atomic mass is 9.80. The molecule has 2 saturated heterocycles. The Kier molecular flexibility index (Phi) is 5.03. The number of carboxylic acid groups (broad SMARTS) is 1. The molecule has 6 heteroatoms. The Balaban J connectivity index is 1.57. The van der Waals surface area contributed by atoms with E-state index in [1.165, 1.54) is 6.42 Å². The third kappa shape index (κ3) is 3.35. The first-order chi connectivity index (χ1) is 13.6. The first-order valence-corrected chi connectivity index (χ1v) is 9.89. The van der Waals surface area contributed by atoms with E-state index in [-0.39, 0.29) is 5.91 Å². The topological polar surface area (TPSA) is 73.7 Å². The number of carbonyl (C=O) groups excluding carboxylic acids is 1. The first kappa shape index (κ1) is 18.5. The van der Waals surface area contributed by atoms with E-state index in [1.54, 1.807) is 18.3 Å². The molecule has 28 heavy (non-hydrogen) atoms. The second-order valence-electron chi connectivity index (χ2n) is 7.68. The van der Waals surface area contributed by atoms with Crippen molar-refractivity contribution in [2.75, 3.05) is 31.1 Å². The van der Waals surface area contributed by atoms with E-state index >= 15 is 0 Å². The van der Waals surface area contributed by atoms with Crippen LogP contribution in [-0.4, -0.2) is 53.0 Å². The molecular weight excluding hydrogens is 354 g/mol. The largest absolute Gasteiger partial charge is 0.481 e. The molecule has 0 aliphatic carbocycles. The molecule has 2 aliphatic heterocycles. The number of anilines is 1. The predicted molar refractivity (Wildman–Crippen MR) is 107 cm³/mol. The number of hydrogen-bond donors (Lipinski definition) is 1. The number of amides is 1. The highest BCUT2D eigenvalue weighted by Crippen LogP contribution is 2.37. The maximum atomic E-state index is 12.8. The lowest BCUT2D eigenvalue weighted by molar-refractivity contribution is -0.143. The highest BCUT2D eigenvalue weighted by Gasteiger charge is 2.46. The van der Waals surface area contributed by atoms with Crippen molar-refractivity contribution in [3.63, 3.8) is 0 Å². The lowest BCUT2D eigenvalue weighted by Gasteiger charge is -2.27. The molecule has 0 spiro atoms. The quantitative estimate of drug-likeness (QED) is 0.884. The van der Waals surface area contributed by atoms with Gasteiger partial charge >= 0.3 is 5.97 Å². The van der Waals surface area contributed by atoms with E-state index < -0.39 is 11.4 Å². The van der Waals surface area contributed by atoms with E-state index in [0.717, 1.165) is 31.5 Å². The Bertz CT molecular complexity index is 864. The van der Waals surface area contributed by atoms with Gasteiger partial charge in [-0.15, -0.1) is 0 Å². The van der Waals surface area contributed by atoms with Crippen molar-refractivity contribution < 1.29 is 14.7 Å². The van der Waals surface area contributed by atoms with Gasteiger partial charge in [-0.3, -0.25) is 9.59 Å². The number of carboxylic acids is 1. The summed E-state index contributed by atoms with van der Waals surface area (Å²) in [5.41, 5.74) is 0.487. The summed E-state index contributed by atoms with van der Waals surface area (Å²) in [5.74, 6) is -0.112. The second-order valence-corrected chi connectivity index (χ2v) is 7.68. The summed E-state index contributed by atoms with van der Waals surface area (Å²) < 4.78 is 0. The van der Waals surface area contributed by atoms with E-state index in [4.69, 9.17) is 0 Å². The van der Waals surface area contributed by atoms with E-state index in [9.17, 15) is 14.7 Å². The van der Waals surface area contributed by atoms with Crippen molar-refractivity contribution in [2.45, 2.75) is 31.1 Å². The van der Waals surface area contributed by atoms with Crippen LogP contribution in [0.4, 0.5) is 5.82 Å². The molecule has 146 valence electrons. The fourth-order valence-corrected chi connectivity index (χ4v) is 4.30. The third-order valence-corrected chi connectivity index (χ3v) is 5.96. The SMILES string of the molecule is O=C(c1ccnc(N2CCC(C(=O)O)(c3ccccc3)C2)c1)N1CCCCC1. The van der Waals surface area contributed by atoms with Crippen LogP contribution < -0.4 is 4.90 Å². The monoisotopic (exact) mass is 379 g/mol. The van der Waals surface area contributed by atoms with Gasteiger partial charge in [0, 0.05) is 37.9 Å². The van der Waals surface area contributed by atoms with Crippen LogP contribution in [0.1, 0.15) is 41.6 Å². The number of hydrogen-bond acceptors (Lipinski definition) is 4. The molecule has 1 aromatic carbocycles. The number of benzene rings is 1. The Morgan fingerprint density at radius 1 is 1.00 bits per heavy atom. The number of piperidine rings is 1. The number of carbonyl (C=O) groups is 2. The summed E-state index contributed by atoms with van der Waals surface area (Å²) in [4.78, 5) is 33.3. The summed E-state index contributed by atoms with van der Waals surface area (Å²) in [6, 6.07) is 12.9. The second kappa shape index (κ2) is 7.62. The highest BCUT2D eigenvalue weighted by molar-refractivity contribution is 5.95. The van der Waals surface area contributed by atoms with Gasteiger partial charge in [0.05, 0.1) is 0 Å². The molecule has 3 heterocycles. The van der Waals surface area contributed by atoms with Crippen LogP contribution in [0.25, 0.3) is 0 Å². The van der Waals surface area contributed by atoms with Gasteiger partial charge in [-0.25, -0.2) is 4.98 Å². The van der Waals surface area contributed by atoms with Crippen molar-refractivity contribution >= 4 is 17.7 Å². The summed E-state index contributed by atoms with van der Waals surface area (Å²) in [6.45, 7) is 2.54. The molecule has 1 atom stereocenters. The maximum absolute atomic E-state index is 12.8. The Labute approximate surface area is 164 Å². The molecule has 6 nitrogen and oxygen atoms in total. The third-order valence-electron chi connectivity index (χ3n) is 5.96. The van der Waals surface area contributed by atoms with Gasteiger partial charge in [-0.2, -0.15) is 0 Å². The van der Waals surface area contributed by atoms with Crippen LogP contribution in [0.5, 0.6) is 0 Å². The zero-order valence-electron chi connectivity index (χ0n) is 15.9. The fourth-order valence-electron chi connectivity index (χ4n) is 4.30. The van der Waals surface area contributed by atoms with Crippen LogP contribution in [0.3, 0.4) is 0 Å². The Morgan fingerprint density at radius 2 is 1.75 bits per heavy atom. The van der Waals surface area contributed by atoms with Gasteiger partial charge in [-0.1, -0.05) is 30.3 Å². The molecule has 1 N–H and O–H groups in total. The molecule has 0 radical (unpaired) electrons. The number of likely N-dealkylation sites (tertiary alicyclic amines) is 1. The molecule has 2 aliphatic rings. The number of aliphatic carboxylic acids is 1. The smallest absolute Gasteiger partial charge is 0.316 e. The Hall–Kier alpha value is -2.89. The molecule has 2 aromatic rings. The van der Waals surface area contributed by atoms with Gasteiger partial charge in [0.25, 0.3) is 5.91 Å². The number of pyridine rings is 1. The van der Waals surface area contributed by atoms with E-state index in [1.807, 2.05) is 40.1 Å². The molecule has 2 fully saturated rings. The zero-order chi connectivity index (χ0) is 19.6. The van der Waals surface area contributed by atoms with Gasteiger partial charge in [0.2, 0.25) is 0 Å². The molecule has 0 saturated carbocycles. The van der Waals surface area contributed by atoms with E-state index in [0.29, 0.717) is 30.9 Å². The number of nitrogens with zero attached hydrogens (tertiary/aromatic N) is 3. The minimum atomic E-state index is -0.949. The van der Waals surface area contributed by atoms with Gasteiger partial charge < -0.3 is 14.9 Å². The van der Waals surface area contributed by atoms with Gasteiger partial charge in [0.15, 0.2) is 0 Å². The molecule has 1 amide bonds. The van der Waals surface area contributed by atoms with Crippen LogP contribution in [-0.2, 0) is 10.2 Å². The lowest BCUT2D eigenvalue weighted by Crippen LogP contribution is -2.39. The highest BCUT2D eigenvalue weighted by atomic mass is 16.4. The van der Waals surface area contributed by atoms with Gasteiger partial charge in [0.1, 0.15) is 11.2 Å². The van der Waals surface area contributed by atoms with Crippen molar-refractivity contribution in [1.29, 1.82) is 0 Å². The number of rotatable bonds is 4. The van der Waals surface area contributed by atoms with Crippen molar-refractivity contribution in [3.05, 3.63) is 59.8 Å². The van der Waals surface area contributed by atoms with Crippen LogP contribution in [0.15, 0.2) is 48.7 Å². The molecule has 0 bridgehead atoms. The fraction of sp³-hybridized carbons (Fsp3) is 0.409. The minimum absolute atomic E-state index is 0.0371. The van der Waals surface area contributed by atoms with Crippen molar-refractivity contribution in [3.8, 4) is 0 Å². The van der Waals surface area contributed by atoms with Crippen molar-refractivity contribution in [2.24, 2.45) is 0 Å².